The molecule has 2 rings (SSSR count). The van der Waals surface area contributed by atoms with E-state index in [4.69, 9.17) is 11.6 Å². The number of hydrogen-bond donors (Lipinski definition) is 1. The minimum absolute atomic E-state index is 0.0283. The maximum Gasteiger partial charge on any atom is 0.329 e. The van der Waals surface area contributed by atoms with Gasteiger partial charge in [-0.15, -0.1) is 0 Å². The van der Waals surface area contributed by atoms with Crippen LogP contribution in [-0.4, -0.2) is 14.9 Å². The summed E-state index contributed by atoms with van der Waals surface area (Å²) < 4.78 is 0. The van der Waals surface area contributed by atoms with E-state index in [1.165, 1.54) is 5.56 Å². The van der Waals surface area contributed by atoms with Crippen molar-refractivity contribution < 1.29 is 4.92 Å². The van der Waals surface area contributed by atoms with Crippen LogP contribution in [0.5, 0.6) is 0 Å². The van der Waals surface area contributed by atoms with Crippen molar-refractivity contribution in [2.45, 2.75) is 19.9 Å². The van der Waals surface area contributed by atoms with Crippen LogP contribution in [0.1, 0.15) is 18.1 Å². The number of hydrogen-bond acceptors (Lipinski definition) is 5. The van der Waals surface area contributed by atoms with Gasteiger partial charge in [-0.3, -0.25) is 10.1 Å². The predicted molar refractivity (Wildman–Crippen MR) is 76.8 cm³/mol. The molecule has 0 atom stereocenters. The number of nitrogens with zero attached hydrogens (tertiary/aromatic N) is 3. The van der Waals surface area contributed by atoms with E-state index in [0.717, 1.165) is 18.2 Å². The van der Waals surface area contributed by atoms with Gasteiger partial charge < -0.3 is 5.32 Å². The number of nitrogens with one attached hydrogen (secondary N) is 1. The third kappa shape index (κ3) is 3.42. The largest absolute Gasteiger partial charge is 0.360 e. The van der Waals surface area contributed by atoms with E-state index >= 15 is 0 Å². The molecule has 0 radical (unpaired) electrons. The van der Waals surface area contributed by atoms with Crippen molar-refractivity contribution in [1.82, 2.24) is 9.97 Å². The van der Waals surface area contributed by atoms with E-state index < -0.39 is 4.92 Å². The summed E-state index contributed by atoms with van der Waals surface area (Å²) in [5, 5.41) is 13.8. The zero-order valence-electron chi connectivity index (χ0n) is 10.8. The molecule has 104 valence electrons. The molecule has 0 bridgehead atoms. The number of aromatic nitrogens is 2. The van der Waals surface area contributed by atoms with Gasteiger partial charge in [0.15, 0.2) is 0 Å². The summed E-state index contributed by atoms with van der Waals surface area (Å²) in [6.45, 7) is 2.51. The van der Waals surface area contributed by atoms with Crippen LogP contribution in [0, 0.1) is 10.1 Å². The van der Waals surface area contributed by atoms with Crippen LogP contribution in [-0.2, 0) is 13.0 Å². The number of benzene rings is 1. The molecule has 0 aliphatic carbocycles. The molecule has 0 amide bonds. The van der Waals surface area contributed by atoms with Crippen LogP contribution in [0.25, 0.3) is 0 Å². The van der Waals surface area contributed by atoms with Crippen molar-refractivity contribution in [3.8, 4) is 0 Å². The SMILES string of the molecule is CCc1ccc(CNc2nc(Cl)ncc2[N+](=O)[O-])cc1. The second-order valence-electron chi connectivity index (χ2n) is 4.15. The summed E-state index contributed by atoms with van der Waals surface area (Å²) in [4.78, 5) is 17.8. The molecule has 1 N–H and O–H groups in total. The molecule has 1 heterocycles. The second-order valence-corrected chi connectivity index (χ2v) is 4.49. The Morgan fingerprint density at radius 2 is 1.95 bits per heavy atom. The van der Waals surface area contributed by atoms with Gasteiger partial charge in [0, 0.05) is 6.54 Å². The van der Waals surface area contributed by atoms with Gasteiger partial charge in [-0.25, -0.2) is 4.98 Å². The van der Waals surface area contributed by atoms with E-state index in [1.54, 1.807) is 0 Å². The van der Waals surface area contributed by atoms with Crippen molar-refractivity contribution in [1.29, 1.82) is 0 Å². The first-order chi connectivity index (χ1) is 9.60. The van der Waals surface area contributed by atoms with Gasteiger partial charge in [0.1, 0.15) is 6.20 Å². The average molecular weight is 293 g/mol. The molecule has 2 aromatic rings. The van der Waals surface area contributed by atoms with Crippen LogP contribution >= 0.6 is 11.6 Å². The molecule has 7 heteroatoms. The molecule has 20 heavy (non-hydrogen) atoms. The van der Waals surface area contributed by atoms with E-state index in [9.17, 15) is 10.1 Å². The first-order valence-electron chi connectivity index (χ1n) is 6.08. The monoisotopic (exact) mass is 292 g/mol. The number of aryl methyl sites for hydroxylation is 1. The predicted octanol–water partition coefficient (Wildman–Crippen LogP) is 3.21. The van der Waals surface area contributed by atoms with E-state index in [1.807, 2.05) is 24.3 Å². The molecule has 0 saturated carbocycles. The molecular weight excluding hydrogens is 280 g/mol. The maximum atomic E-state index is 10.9. The fourth-order valence-corrected chi connectivity index (χ4v) is 1.83. The summed E-state index contributed by atoms with van der Waals surface area (Å²) in [6.07, 6.45) is 2.07. The molecule has 0 unspecified atom stereocenters. The van der Waals surface area contributed by atoms with Crippen molar-refractivity contribution in [3.05, 3.63) is 57.0 Å². The van der Waals surface area contributed by atoms with Crippen molar-refractivity contribution in [3.63, 3.8) is 0 Å². The lowest BCUT2D eigenvalue weighted by atomic mass is 10.1. The van der Waals surface area contributed by atoms with Gasteiger partial charge in [-0.05, 0) is 29.1 Å². The first-order valence-corrected chi connectivity index (χ1v) is 6.46. The number of nitro groups is 1. The second kappa shape index (κ2) is 6.29. The average Bonchev–Trinajstić information content (AvgIpc) is 2.45. The zero-order chi connectivity index (χ0) is 14.5. The highest BCUT2D eigenvalue weighted by Gasteiger charge is 2.16. The van der Waals surface area contributed by atoms with Crippen LogP contribution < -0.4 is 5.32 Å². The third-order valence-corrected chi connectivity index (χ3v) is 3.01. The van der Waals surface area contributed by atoms with Crippen molar-refractivity contribution >= 4 is 23.1 Å². The molecule has 1 aromatic carbocycles. The number of rotatable bonds is 5. The van der Waals surface area contributed by atoms with Gasteiger partial charge in [-0.1, -0.05) is 31.2 Å². The van der Waals surface area contributed by atoms with Crippen LogP contribution in [0.4, 0.5) is 11.5 Å². The van der Waals surface area contributed by atoms with Crippen molar-refractivity contribution in [2.75, 3.05) is 5.32 Å². The van der Waals surface area contributed by atoms with E-state index in [2.05, 4.69) is 22.2 Å². The summed E-state index contributed by atoms with van der Waals surface area (Å²) in [5.41, 5.74) is 2.05. The van der Waals surface area contributed by atoms with E-state index in [-0.39, 0.29) is 16.8 Å². The van der Waals surface area contributed by atoms with Gasteiger partial charge in [-0.2, -0.15) is 4.98 Å². The Hall–Kier alpha value is -2.21. The van der Waals surface area contributed by atoms with Crippen LogP contribution in [0.2, 0.25) is 5.28 Å². The summed E-state index contributed by atoms with van der Waals surface area (Å²) in [5.74, 6) is 0.120. The topological polar surface area (TPSA) is 81.0 Å². The Morgan fingerprint density at radius 3 is 2.55 bits per heavy atom. The Morgan fingerprint density at radius 1 is 1.30 bits per heavy atom. The highest BCUT2D eigenvalue weighted by molar-refractivity contribution is 6.28. The minimum Gasteiger partial charge on any atom is -0.360 e. The molecule has 0 saturated heterocycles. The fraction of sp³-hybridized carbons (Fsp3) is 0.231. The first kappa shape index (κ1) is 14.2. The lowest BCUT2D eigenvalue weighted by Crippen LogP contribution is -2.05. The minimum atomic E-state index is -0.543. The smallest absolute Gasteiger partial charge is 0.329 e. The van der Waals surface area contributed by atoms with Gasteiger partial charge in [0.2, 0.25) is 11.1 Å². The maximum absolute atomic E-state index is 10.9. The molecule has 0 spiro atoms. The van der Waals surface area contributed by atoms with Gasteiger partial charge in [0.25, 0.3) is 0 Å². The molecule has 6 nitrogen and oxygen atoms in total. The lowest BCUT2D eigenvalue weighted by molar-refractivity contribution is -0.384. The van der Waals surface area contributed by atoms with Crippen molar-refractivity contribution in [2.24, 2.45) is 0 Å². The summed E-state index contributed by atoms with van der Waals surface area (Å²) in [6, 6.07) is 8.00. The molecule has 0 fully saturated rings. The van der Waals surface area contributed by atoms with E-state index in [0.29, 0.717) is 6.54 Å². The third-order valence-electron chi connectivity index (χ3n) is 2.83. The number of anilines is 1. The standard InChI is InChI=1S/C13H13ClN4O2/c1-2-9-3-5-10(6-4-9)7-15-12-11(18(19)20)8-16-13(14)17-12/h3-6,8H,2,7H2,1H3,(H,15,16,17). The van der Waals surface area contributed by atoms with Gasteiger partial charge in [0.05, 0.1) is 4.92 Å². The molecule has 0 aliphatic rings. The number of halogens is 1. The van der Waals surface area contributed by atoms with Gasteiger partial charge >= 0.3 is 5.69 Å². The molecule has 1 aromatic heterocycles. The lowest BCUT2D eigenvalue weighted by Gasteiger charge is -2.07. The summed E-state index contributed by atoms with van der Waals surface area (Å²) >= 11 is 5.66. The Labute approximate surface area is 121 Å². The fourth-order valence-electron chi connectivity index (χ4n) is 1.70. The van der Waals surface area contributed by atoms with Crippen LogP contribution in [0.3, 0.4) is 0 Å². The van der Waals surface area contributed by atoms with Crippen LogP contribution in [0.15, 0.2) is 30.5 Å². The summed E-state index contributed by atoms with van der Waals surface area (Å²) in [7, 11) is 0. The molecule has 0 aliphatic heterocycles. The quantitative estimate of drug-likeness (QED) is 0.520. The molecular formula is C13H13ClN4O2. The Kier molecular flexibility index (Phi) is 4.47. The zero-order valence-corrected chi connectivity index (χ0v) is 11.6. The Balaban J connectivity index is 2.13. The Bertz CT molecular complexity index is 616. The normalized spacial score (nSPS) is 10.3. The highest BCUT2D eigenvalue weighted by atomic mass is 35.5. The highest BCUT2D eigenvalue weighted by Crippen LogP contribution is 2.22.